The molecule has 0 spiro atoms. The second-order valence-corrected chi connectivity index (χ2v) is 6.50. The van der Waals surface area contributed by atoms with Crippen molar-refractivity contribution >= 4 is 5.97 Å². The van der Waals surface area contributed by atoms with E-state index in [1.54, 1.807) is 0 Å². The summed E-state index contributed by atoms with van der Waals surface area (Å²) in [5, 5.41) is 0. The zero-order valence-electron chi connectivity index (χ0n) is 13.9. The van der Waals surface area contributed by atoms with Crippen molar-refractivity contribution in [2.45, 2.75) is 18.4 Å². The second-order valence-electron chi connectivity index (χ2n) is 6.50. The van der Waals surface area contributed by atoms with Crippen molar-refractivity contribution in [1.82, 2.24) is 0 Å². The molecule has 1 fully saturated rings. The van der Waals surface area contributed by atoms with Crippen LogP contribution < -0.4 is 0 Å². The van der Waals surface area contributed by atoms with Gasteiger partial charge in [0.05, 0.1) is 5.92 Å². The Hall–Kier alpha value is -2.87. The van der Waals surface area contributed by atoms with Crippen molar-refractivity contribution in [3.63, 3.8) is 0 Å². The number of benzene rings is 3. The summed E-state index contributed by atoms with van der Waals surface area (Å²) >= 11 is 0. The molecular weight excluding hydrogens is 308 g/mol. The predicted octanol–water partition coefficient (Wildman–Crippen LogP) is 4.60. The molecule has 0 aromatic heterocycles. The number of carbonyl (C=O) groups excluding carboxylic acids is 1. The van der Waals surface area contributed by atoms with Gasteiger partial charge < -0.3 is 4.74 Å². The molecular formula is C23H20O2. The molecule has 0 bridgehead atoms. The summed E-state index contributed by atoms with van der Waals surface area (Å²) in [5.41, 5.74) is 3.54. The molecule has 2 nitrogen and oxygen atoms in total. The van der Waals surface area contributed by atoms with Gasteiger partial charge in [-0.25, -0.2) is 0 Å². The third kappa shape index (κ3) is 3.20. The van der Waals surface area contributed by atoms with Gasteiger partial charge in [-0.2, -0.15) is 0 Å². The average molecular weight is 328 g/mol. The molecule has 2 unspecified atom stereocenters. The van der Waals surface area contributed by atoms with E-state index in [-0.39, 0.29) is 23.9 Å². The maximum absolute atomic E-state index is 12.2. The normalized spacial score (nSPS) is 19.3. The fourth-order valence-electron chi connectivity index (χ4n) is 3.63. The Bertz CT molecular complexity index is 788. The number of rotatable bonds is 5. The topological polar surface area (TPSA) is 26.3 Å². The van der Waals surface area contributed by atoms with E-state index >= 15 is 0 Å². The quantitative estimate of drug-likeness (QED) is 0.640. The molecule has 3 aromatic rings. The first-order valence-corrected chi connectivity index (χ1v) is 8.67. The predicted molar refractivity (Wildman–Crippen MR) is 98.2 cm³/mol. The van der Waals surface area contributed by atoms with E-state index in [0.29, 0.717) is 0 Å². The molecule has 2 heteroatoms. The van der Waals surface area contributed by atoms with Crippen LogP contribution in [0.2, 0.25) is 0 Å². The molecule has 0 amide bonds. The van der Waals surface area contributed by atoms with Gasteiger partial charge in [0.1, 0.15) is 6.10 Å². The number of cyclic esters (lactones) is 1. The summed E-state index contributed by atoms with van der Waals surface area (Å²) in [6.45, 7) is 0. The van der Waals surface area contributed by atoms with Crippen molar-refractivity contribution in [2.75, 3.05) is 0 Å². The van der Waals surface area contributed by atoms with Crippen LogP contribution in [0, 0.1) is 5.92 Å². The van der Waals surface area contributed by atoms with Gasteiger partial charge in [0.15, 0.2) is 0 Å². The van der Waals surface area contributed by atoms with Crippen molar-refractivity contribution in [2.24, 2.45) is 5.92 Å². The lowest BCUT2D eigenvalue weighted by Gasteiger charge is -2.41. The molecule has 25 heavy (non-hydrogen) atoms. The molecule has 1 aliphatic rings. The maximum atomic E-state index is 12.2. The highest BCUT2D eigenvalue weighted by molar-refractivity contribution is 5.79. The van der Waals surface area contributed by atoms with Crippen LogP contribution in [0.1, 0.15) is 22.6 Å². The molecule has 0 aliphatic carbocycles. The number of carbonyl (C=O) groups is 1. The van der Waals surface area contributed by atoms with Gasteiger partial charge in [-0.1, -0.05) is 91.0 Å². The minimum absolute atomic E-state index is 0.0637. The first-order chi connectivity index (χ1) is 12.3. The summed E-state index contributed by atoms with van der Waals surface area (Å²) in [5.74, 6) is -0.132. The van der Waals surface area contributed by atoms with Gasteiger partial charge in [-0.3, -0.25) is 4.79 Å². The first-order valence-electron chi connectivity index (χ1n) is 8.67. The molecule has 124 valence electrons. The largest absolute Gasteiger partial charge is 0.460 e. The molecule has 3 aromatic carbocycles. The monoisotopic (exact) mass is 328 g/mol. The van der Waals surface area contributed by atoms with E-state index in [2.05, 4.69) is 36.4 Å². The fraction of sp³-hybridized carbons (Fsp3) is 0.174. The highest BCUT2D eigenvalue weighted by atomic mass is 16.6. The molecule has 4 rings (SSSR count). The van der Waals surface area contributed by atoms with Crippen molar-refractivity contribution in [3.8, 4) is 0 Å². The first kappa shape index (κ1) is 15.6. The van der Waals surface area contributed by atoms with E-state index in [0.717, 1.165) is 6.42 Å². The van der Waals surface area contributed by atoms with Crippen molar-refractivity contribution < 1.29 is 9.53 Å². The Labute approximate surface area is 148 Å². The molecule has 0 saturated carbocycles. The fourth-order valence-corrected chi connectivity index (χ4v) is 3.63. The highest BCUT2D eigenvalue weighted by Crippen LogP contribution is 2.40. The third-order valence-corrected chi connectivity index (χ3v) is 4.90. The van der Waals surface area contributed by atoms with Gasteiger partial charge in [0.2, 0.25) is 0 Å². The van der Waals surface area contributed by atoms with Crippen LogP contribution in [0.3, 0.4) is 0 Å². The third-order valence-electron chi connectivity index (χ3n) is 4.90. The standard InChI is InChI=1S/C23H20O2/c24-23-20(16-17-10-4-1-5-11-17)22(25-23)21(18-12-6-2-7-13-18)19-14-8-3-9-15-19/h1-15,20-22H,16H2. The number of hydrogen-bond acceptors (Lipinski definition) is 2. The zero-order valence-corrected chi connectivity index (χ0v) is 13.9. The van der Waals surface area contributed by atoms with Crippen LogP contribution in [0.4, 0.5) is 0 Å². The van der Waals surface area contributed by atoms with E-state index < -0.39 is 0 Å². The smallest absolute Gasteiger partial charge is 0.313 e. The summed E-state index contributed by atoms with van der Waals surface area (Å²) in [6, 6.07) is 30.8. The van der Waals surface area contributed by atoms with Crippen LogP contribution in [-0.4, -0.2) is 12.1 Å². The van der Waals surface area contributed by atoms with Crippen LogP contribution in [-0.2, 0) is 16.0 Å². The minimum Gasteiger partial charge on any atom is -0.460 e. The summed E-state index contributed by atoms with van der Waals surface area (Å²) < 4.78 is 5.66. The lowest BCUT2D eigenvalue weighted by Crippen LogP contribution is -2.50. The van der Waals surface area contributed by atoms with Crippen LogP contribution in [0.5, 0.6) is 0 Å². The number of esters is 1. The van der Waals surface area contributed by atoms with Gasteiger partial charge in [-0.05, 0) is 23.1 Å². The minimum atomic E-state index is -0.127. The number of ether oxygens (including phenoxy) is 1. The van der Waals surface area contributed by atoms with Gasteiger partial charge in [-0.15, -0.1) is 0 Å². The summed E-state index contributed by atoms with van der Waals surface area (Å²) in [6.07, 6.45) is 0.595. The molecule has 1 saturated heterocycles. The molecule has 0 radical (unpaired) electrons. The zero-order chi connectivity index (χ0) is 17.1. The summed E-state index contributed by atoms with van der Waals surface area (Å²) in [7, 11) is 0. The SMILES string of the molecule is O=C1OC(C(c2ccccc2)c2ccccc2)C1Cc1ccccc1. The van der Waals surface area contributed by atoms with Crippen LogP contribution in [0.15, 0.2) is 91.0 Å². The second kappa shape index (κ2) is 6.94. The number of hydrogen-bond donors (Lipinski definition) is 0. The van der Waals surface area contributed by atoms with Crippen LogP contribution in [0.25, 0.3) is 0 Å². The Balaban J connectivity index is 1.66. The van der Waals surface area contributed by atoms with Gasteiger partial charge >= 0.3 is 5.97 Å². The van der Waals surface area contributed by atoms with Gasteiger partial charge in [0.25, 0.3) is 0 Å². The van der Waals surface area contributed by atoms with Crippen molar-refractivity contribution in [3.05, 3.63) is 108 Å². The van der Waals surface area contributed by atoms with E-state index in [1.165, 1.54) is 16.7 Å². The Morgan fingerprint density at radius 1 is 0.720 bits per heavy atom. The van der Waals surface area contributed by atoms with Crippen molar-refractivity contribution in [1.29, 1.82) is 0 Å². The molecule has 0 N–H and O–H groups in total. The summed E-state index contributed by atoms with van der Waals surface area (Å²) in [4.78, 5) is 12.2. The Morgan fingerprint density at radius 2 is 1.20 bits per heavy atom. The lowest BCUT2D eigenvalue weighted by molar-refractivity contribution is -0.186. The van der Waals surface area contributed by atoms with Crippen LogP contribution >= 0.6 is 0 Å². The van der Waals surface area contributed by atoms with E-state index in [9.17, 15) is 4.79 Å². The Morgan fingerprint density at radius 3 is 1.68 bits per heavy atom. The maximum Gasteiger partial charge on any atom is 0.313 e. The van der Waals surface area contributed by atoms with E-state index in [1.807, 2.05) is 54.6 Å². The molecule has 1 aliphatic heterocycles. The molecule has 2 atom stereocenters. The van der Waals surface area contributed by atoms with Gasteiger partial charge in [0, 0.05) is 5.92 Å². The highest BCUT2D eigenvalue weighted by Gasteiger charge is 2.47. The molecule has 1 heterocycles. The Kier molecular flexibility index (Phi) is 4.34. The lowest BCUT2D eigenvalue weighted by atomic mass is 9.76. The van der Waals surface area contributed by atoms with E-state index in [4.69, 9.17) is 4.74 Å². The average Bonchev–Trinajstić information content (AvgIpc) is 2.68.